The molecule has 0 aromatic rings. The lowest BCUT2D eigenvalue weighted by Crippen LogP contribution is -2.81. The van der Waals surface area contributed by atoms with E-state index >= 15 is 0 Å². The van der Waals surface area contributed by atoms with Gasteiger partial charge in [-0.25, -0.2) is 9.59 Å². The lowest BCUT2D eigenvalue weighted by Gasteiger charge is -2.61. The summed E-state index contributed by atoms with van der Waals surface area (Å²) in [4.78, 5) is 53.4. The van der Waals surface area contributed by atoms with Gasteiger partial charge in [-0.15, -0.1) is 0 Å². The molecule has 0 aromatic carbocycles. The van der Waals surface area contributed by atoms with Crippen LogP contribution in [-0.2, 0) is 9.59 Å². The smallest absolute Gasteiger partial charge is 0.323 e. The van der Waals surface area contributed by atoms with E-state index < -0.39 is 36.0 Å². The molecule has 3 fully saturated rings. The third-order valence-corrected chi connectivity index (χ3v) is 4.77. The summed E-state index contributed by atoms with van der Waals surface area (Å²) >= 11 is 0. The maximum atomic E-state index is 12.3. The van der Waals surface area contributed by atoms with E-state index in [0.717, 1.165) is 9.80 Å². The number of carbonyl (C=O) groups excluding carboxylic acids is 4. The van der Waals surface area contributed by atoms with Crippen molar-refractivity contribution in [3.63, 3.8) is 0 Å². The molecule has 0 atom stereocenters. The highest BCUT2D eigenvalue weighted by Gasteiger charge is 2.68. The maximum absolute atomic E-state index is 12.3. The van der Waals surface area contributed by atoms with Crippen molar-refractivity contribution in [2.45, 2.75) is 12.1 Å². The number of fused-ring (bicyclic) bond motifs is 4. The molecule has 1 aliphatic carbocycles. The second kappa shape index (κ2) is 3.71. The average Bonchev–Trinajstić information content (AvgIpc) is 2.39. The highest BCUT2D eigenvalue weighted by atomic mass is 16.2. The number of imide groups is 2. The molecule has 2 heterocycles. The van der Waals surface area contributed by atoms with Crippen molar-refractivity contribution in [3.8, 4) is 0 Å². The number of rotatable bonds is 0. The van der Waals surface area contributed by atoms with Crippen LogP contribution in [-0.4, -0.2) is 83.8 Å². The summed E-state index contributed by atoms with van der Waals surface area (Å²) in [6.45, 7) is 0. The predicted octanol–water partition coefficient (Wildman–Crippen LogP) is -0.983. The zero-order valence-electron chi connectivity index (χ0n) is 11.7. The fourth-order valence-corrected chi connectivity index (χ4v) is 3.62. The number of hydrogen-bond donors (Lipinski definition) is 0. The van der Waals surface area contributed by atoms with Crippen LogP contribution >= 0.6 is 0 Å². The van der Waals surface area contributed by atoms with Gasteiger partial charge in [-0.1, -0.05) is 0 Å². The molecule has 0 bridgehead atoms. The van der Waals surface area contributed by atoms with Crippen LogP contribution in [0.15, 0.2) is 0 Å². The first-order valence-electron chi connectivity index (χ1n) is 6.37. The molecule has 108 valence electrons. The van der Waals surface area contributed by atoms with Crippen LogP contribution in [0, 0.1) is 11.8 Å². The van der Waals surface area contributed by atoms with E-state index in [1.807, 2.05) is 0 Å². The Balaban J connectivity index is 2.02. The maximum Gasteiger partial charge on any atom is 0.326 e. The summed E-state index contributed by atoms with van der Waals surface area (Å²) in [7, 11) is 6.01. The van der Waals surface area contributed by atoms with Crippen LogP contribution in [0.3, 0.4) is 0 Å². The van der Waals surface area contributed by atoms with Crippen LogP contribution in [0.25, 0.3) is 0 Å². The number of nitrogens with zero attached hydrogens (tertiary/aromatic N) is 4. The lowest BCUT2D eigenvalue weighted by atomic mass is 9.61. The van der Waals surface area contributed by atoms with Gasteiger partial charge in [0.15, 0.2) is 0 Å². The Morgan fingerprint density at radius 1 is 0.650 bits per heavy atom. The monoisotopic (exact) mass is 280 g/mol. The minimum Gasteiger partial charge on any atom is -0.323 e. The highest BCUT2D eigenvalue weighted by molar-refractivity contribution is 6.06. The molecule has 0 unspecified atom stereocenters. The SMILES string of the molecule is CN1C(=O)C2C(C3C(=O)N(C)C(=O)N(C)C23)N(C)C1=O. The molecular weight excluding hydrogens is 264 g/mol. The third kappa shape index (κ3) is 1.21. The molecule has 1 saturated carbocycles. The van der Waals surface area contributed by atoms with E-state index in [2.05, 4.69) is 0 Å². The Morgan fingerprint density at radius 2 is 0.950 bits per heavy atom. The van der Waals surface area contributed by atoms with E-state index in [1.54, 1.807) is 14.1 Å². The fraction of sp³-hybridized carbons (Fsp3) is 0.667. The van der Waals surface area contributed by atoms with Gasteiger partial charge in [0.1, 0.15) is 0 Å². The standard InChI is InChI=1S/C12H16N4O4/c1-13-7-5(9(17)15(3)11(13)19)8-6(7)10(18)16(4)12(20)14(8)2/h5-8H,1-4H3. The van der Waals surface area contributed by atoms with Gasteiger partial charge in [0.05, 0.1) is 23.9 Å². The molecule has 20 heavy (non-hydrogen) atoms. The number of amides is 6. The van der Waals surface area contributed by atoms with Gasteiger partial charge in [-0.05, 0) is 0 Å². The molecule has 2 saturated heterocycles. The summed E-state index contributed by atoms with van der Waals surface area (Å²) in [6, 6.07) is -1.74. The number of urea groups is 2. The van der Waals surface area contributed by atoms with Crippen molar-refractivity contribution < 1.29 is 19.2 Å². The van der Waals surface area contributed by atoms with Crippen LogP contribution in [0.1, 0.15) is 0 Å². The zero-order valence-corrected chi connectivity index (χ0v) is 11.7. The van der Waals surface area contributed by atoms with Crippen LogP contribution < -0.4 is 0 Å². The van der Waals surface area contributed by atoms with Gasteiger partial charge < -0.3 is 9.80 Å². The van der Waals surface area contributed by atoms with E-state index in [-0.39, 0.29) is 11.8 Å². The highest BCUT2D eigenvalue weighted by Crippen LogP contribution is 2.47. The van der Waals surface area contributed by atoms with Crippen molar-refractivity contribution in [3.05, 3.63) is 0 Å². The van der Waals surface area contributed by atoms with E-state index in [1.165, 1.54) is 23.9 Å². The molecule has 0 aromatic heterocycles. The Hall–Kier alpha value is -2.12. The minimum absolute atomic E-state index is 0.323. The first kappa shape index (κ1) is 12.9. The number of hydrogen-bond acceptors (Lipinski definition) is 4. The summed E-state index contributed by atoms with van der Waals surface area (Å²) < 4.78 is 0. The first-order valence-corrected chi connectivity index (χ1v) is 6.37. The summed E-state index contributed by atoms with van der Waals surface area (Å²) in [5.74, 6) is -1.67. The van der Waals surface area contributed by atoms with E-state index in [4.69, 9.17) is 0 Å². The predicted molar refractivity (Wildman–Crippen MR) is 66.4 cm³/mol. The molecule has 2 aliphatic heterocycles. The summed E-state index contributed by atoms with van der Waals surface area (Å²) in [5.41, 5.74) is 0. The van der Waals surface area contributed by atoms with E-state index in [0.29, 0.717) is 0 Å². The Bertz CT molecular complexity index is 492. The minimum atomic E-state index is -0.515. The van der Waals surface area contributed by atoms with Crippen LogP contribution in [0.2, 0.25) is 0 Å². The zero-order chi connectivity index (χ0) is 14.9. The normalized spacial score (nSPS) is 37.0. The average molecular weight is 280 g/mol. The van der Waals surface area contributed by atoms with Crippen molar-refractivity contribution in [2.24, 2.45) is 11.8 Å². The molecule has 3 aliphatic rings. The molecular formula is C12H16N4O4. The van der Waals surface area contributed by atoms with Gasteiger partial charge in [0.25, 0.3) is 0 Å². The third-order valence-electron chi connectivity index (χ3n) is 4.77. The van der Waals surface area contributed by atoms with Crippen molar-refractivity contribution in [1.82, 2.24) is 19.6 Å². The van der Waals surface area contributed by atoms with Gasteiger partial charge in [-0.3, -0.25) is 19.4 Å². The Kier molecular flexibility index (Phi) is 2.39. The second-order valence-electron chi connectivity index (χ2n) is 5.61. The molecule has 0 N–H and O–H groups in total. The molecule has 8 heteroatoms. The Labute approximate surface area is 115 Å². The van der Waals surface area contributed by atoms with E-state index in [9.17, 15) is 19.2 Å². The van der Waals surface area contributed by atoms with Gasteiger partial charge >= 0.3 is 12.1 Å². The van der Waals surface area contributed by atoms with Crippen molar-refractivity contribution in [2.75, 3.05) is 28.2 Å². The van der Waals surface area contributed by atoms with Crippen LogP contribution in [0.5, 0.6) is 0 Å². The van der Waals surface area contributed by atoms with Gasteiger partial charge in [0.2, 0.25) is 11.8 Å². The summed E-state index contributed by atoms with van der Waals surface area (Å²) in [5, 5.41) is 0. The van der Waals surface area contributed by atoms with Crippen molar-refractivity contribution in [1.29, 1.82) is 0 Å². The first-order chi connectivity index (χ1) is 9.29. The fourth-order valence-electron chi connectivity index (χ4n) is 3.62. The molecule has 6 amide bonds. The van der Waals surface area contributed by atoms with Gasteiger partial charge in [-0.2, -0.15) is 0 Å². The van der Waals surface area contributed by atoms with Gasteiger partial charge in [0, 0.05) is 28.2 Å². The topological polar surface area (TPSA) is 81.2 Å². The van der Waals surface area contributed by atoms with Crippen LogP contribution in [0.4, 0.5) is 9.59 Å². The lowest BCUT2D eigenvalue weighted by molar-refractivity contribution is -0.171. The molecule has 0 spiro atoms. The summed E-state index contributed by atoms with van der Waals surface area (Å²) in [6.07, 6.45) is 0. The number of carbonyl (C=O) groups is 4. The van der Waals surface area contributed by atoms with Crippen molar-refractivity contribution >= 4 is 23.9 Å². The largest absolute Gasteiger partial charge is 0.326 e. The second-order valence-corrected chi connectivity index (χ2v) is 5.61. The quantitative estimate of drug-likeness (QED) is 0.571. The molecule has 8 nitrogen and oxygen atoms in total. The Morgan fingerprint density at radius 3 is 1.25 bits per heavy atom. The molecule has 0 radical (unpaired) electrons. The molecule has 3 rings (SSSR count).